The molecule has 9 heteroatoms. The predicted octanol–water partition coefficient (Wildman–Crippen LogP) is 0.0375. The lowest BCUT2D eigenvalue weighted by atomic mass is 10.4. The average molecular weight is 357 g/mol. The Morgan fingerprint density at radius 1 is 0.591 bits per heavy atom. The minimum Gasteiger partial charge on any atom is -0.377 e. The number of hydrogen-bond acceptors (Lipinski definition) is 6. The van der Waals surface area contributed by atoms with Gasteiger partial charge < -0.3 is 31.5 Å². The molecule has 0 aromatic heterocycles. The molecule has 0 aliphatic heterocycles. The molecule has 0 heterocycles. The third-order valence-electron chi connectivity index (χ3n) is 4.04. The second-order valence-electron chi connectivity index (χ2n) is 5.25. The molecule has 0 atom stereocenters. The molecule has 0 fully saturated rings. The standard InChI is InChI=1S/C13H33NO6Si2/c1-14(10-8-12-21(15-2,16-3)17-4)11-9-13-22(18-5,19-6)20-7/h8-13H2,1-7H3/p+1. The van der Waals surface area contributed by atoms with Crippen LogP contribution in [0.4, 0.5) is 0 Å². The van der Waals surface area contributed by atoms with Crippen molar-refractivity contribution < 1.29 is 31.5 Å². The second kappa shape index (κ2) is 11.7. The van der Waals surface area contributed by atoms with E-state index in [9.17, 15) is 0 Å². The predicted molar refractivity (Wildman–Crippen MR) is 89.0 cm³/mol. The smallest absolute Gasteiger partial charge is 0.377 e. The molecule has 0 aromatic rings. The Balaban J connectivity index is 4.03. The lowest BCUT2D eigenvalue weighted by molar-refractivity contribution is -0.879. The van der Waals surface area contributed by atoms with E-state index in [4.69, 9.17) is 26.6 Å². The highest BCUT2D eigenvalue weighted by molar-refractivity contribution is 6.60. The molecule has 0 aliphatic rings. The topological polar surface area (TPSA) is 59.8 Å². The first-order valence-electron chi connectivity index (χ1n) is 7.59. The van der Waals surface area contributed by atoms with Crippen LogP contribution < -0.4 is 4.90 Å². The van der Waals surface area contributed by atoms with E-state index in [1.54, 1.807) is 42.7 Å². The summed E-state index contributed by atoms with van der Waals surface area (Å²) in [5, 5.41) is 0. The van der Waals surface area contributed by atoms with Crippen LogP contribution in [0, 0.1) is 0 Å². The first kappa shape index (κ1) is 22.2. The Morgan fingerprint density at radius 3 is 1.09 bits per heavy atom. The molecule has 1 N–H and O–H groups in total. The van der Waals surface area contributed by atoms with Crippen molar-refractivity contribution in [2.24, 2.45) is 0 Å². The van der Waals surface area contributed by atoms with Crippen molar-refractivity contribution in [3.63, 3.8) is 0 Å². The normalized spacial score (nSPS) is 13.1. The molecule has 0 amide bonds. The highest BCUT2D eigenvalue weighted by Crippen LogP contribution is 2.15. The van der Waals surface area contributed by atoms with Crippen LogP contribution in [0.2, 0.25) is 12.1 Å². The zero-order valence-electron chi connectivity index (χ0n) is 15.2. The summed E-state index contributed by atoms with van der Waals surface area (Å²) in [6.07, 6.45) is 2.02. The molecular weight excluding hydrogens is 322 g/mol. The maximum atomic E-state index is 5.43. The summed E-state index contributed by atoms with van der Waals surface area (Å²) in [6.45, 7) is 2.10. The van der Waals surface area contributed by atoms with Gasteiger partial charge in [-0.15, -0.1) is 0 Å². The fourth-order valence-electron chi connectivity index (χ4n) is 2.45. The minimum atomic E-state index is -2.43. The van der Waals surface area contributed by atoms with Crippen LogP contribution in [-0.2, 0) is 26.6 Å². The van der Waals surface area contributed by atoms with Gasteiger partial charge in [-0.3, -0.25) is 0 Å². The monoisotopic (exact) mass is 356 g/mol. The highest BCUT2D eigenvalue weighted by Gasteiger charge is 2.38. The van der Waals surface area contributed by atoms with E-state index in [-0.39, 0.29) is 0 Å². The highest BCUT2D eigenvalue weighted by atomic mass is 28.4. The van der Waals surface area contributed by atoms with Crippen LogP contribution in [0.25, 0.3) is 0 Å². The average Bonchev–Trinajstić information content (AvgIpc) is 2.56. The molecule has 0 aliphatic carbocycles. The first-order chi connectivity index (χ1) is 10.5. The van der Waals surface area contributed by atoms with Gasteiger partial charge in [-0.25, -0.2) is 0 Å². The fourth-order valence-corrected chi connectivity index (χ4v) is 5.90. The molecule has 0 saturated heterocycles. The Kier molecular flexibility index (Phi) is 11.7. The van der Waals surface area contributed by atoms with Gasteiger partial charge in [0.1, 0.15) is 0 Å². The molecular formula is C13H34NO6Si2+. The summed E-state index contributed by atoms with van der Waals surface area (Å²) in [7, 11) is 7.25. The number of rotatable bonds is 14. The third-order valence-corrected chi connectivity index (χ3v) is 9.70. The van der Waals surface area contributed by atoms with Crippen molar-refractivity contribution in [3.05, 3.63) is 0 Å². The van der Waals surface area contributed by atoms with Crippen LogP contribution in [0.3, 0.4) is 0 Å². The molecule has 0 radical (unpaired) electrons. The molecule has 0 bridgehead atoms. The van der Waals surface area contributed by atoms with Gasteiger partial charge in [0.05, 0.1) is 20.1 Å². The molecule has 0 unspecified atom stereocenters. The van der Waals surface area contributed by atoms with E-state index in [0.29, 0.717) is 0 Å². The molecule has 7 nitrogen and oxygen atoms in total. The quantitative estimate of drug-likeness (QED) is 0.444. The molecule has 0 spiro atoms. The lowest BCUT2D eigenvalue weighted by Gasteiger charge is -2.26. The Labute approximate surface area is 137 Å². The van der Waals surface area contributed by atoms with E-state index < -0.39 is 17.6 Å². The number of quaternary nitrogens is 1. The summed E-state index contributed by atoms with van der Waals surface area (Å²) in [5.74, 6) is 0. The van der Waals surface area contributed by atoms with E-state index >= 15 is 0 Å². The van der Waals surface area contributed by atoms with Crippen molar-refractivity contribution >= 4 is 17.6 Å². The SMILES string of the molecule is CO[Si](CCC[NH+](C)CCC[Si](OC)(OC)OC)(OC)OC. The summed E-state index contributed by atoms with van der Waals surface area (Å²) >= 11 is 0. The summed E-state index contributed by atoms with van der Waals surface area (Å²) in [6, 6.07) is 1.67. The van der Waals surface area contributed by atoms with Crippen LogP contribution in [-0.4, -0.2) is 80.4 Å². The molecule has 22 heavy (non-hydrogen) atoms. The van der Waals surface area contributed by atoms with Crippen LogP contribution >= 0.6 is 0 Å². The summed E-state index contributed by atoms with van der Waals surface area (Å²) in [4.78, 5) is 1.46. The van der Waals surface area contributed by atoms with Gasteiger partial charge >= 0.3 is 17.6 Å². The van der Waals surface area contributed by atoms with E-state index in [1.165, 1.54) is 4.90 Å². The van der Waals surface area contributed by atoms with Crippen molar-refractivity contribution in [2.45, 2.75) is 24.9 Å². The van der Waals surface area contributed by atoms with Gasteiger partial charge in [-0.2, -0.15) is 0 Å². The summed E-state index contributed by atoms with van der Waals surface area (Å²) in [5.41, 5.74) is 0. The molecule has 0 rings (SSSR count). The van der Waals surface area contributed by atoms with Crippen molar-refractivity contribution in [3.8, 4) is 0 Å². The van der Waals surface area contributed by atoms with Gasteiger partial charge in [0.15, 0.2) is 0 Å². The molecule has 0 saturated carbocycles. The van der Waals surface area contributed by atoms with Crippen molar-refractivity contribution in [1.29, 1.82) is 0 Å². The minimum absolute atomic E-state index is 0.834. The van der Waals surface area contributed by atoms with Gasteiger partial charge in [0.2, 0.25) is 0 Å². The molecule has 134 valence electrons. The van der Waals surface area contributed by atoms with Crippen molar-refractivity contribution in [2.75, 3.05) is 62.8 Å². The van der Waals surface area contributed by atoms with E-state index in [0.717, 1.165) is 38.0 Å². The fraction of sp³-hybridized carbons (Fsp3) is 1.00. The Hall–Kier alpha value is 0.154. The van der Waals surface area contributed by atoms with Gasteiger partial charge in [-0.1, -0.05) is 0 Å². The molecule has 0 aromatic carbocycles. The van der Waals surface area contributed by atoms with Crippen LogP contribution in [0.1, 0.15) is 12.8 Å². The van der Waals surface area contributed by atoms with Gasteiger partial charge in [0, 0.05) is 67.6 Å². The van der Waals surface area contributed by atoms with E-state index in [1.807, 2.05) is 0 Å². The maximum absolute atomic E-state index is 5.43. The lowest BCUT2D eigenvalue weighted by Crippen LogP contribution is -3.09. The van der Waals surface area contributed by atoms with Gasteiger partial charge in [-0.05, 0) is 0 Å². The van der Waals surface area contributed by atoms with Crippen LogP contribution in [0.5, 0.6) is 0 Å². The van der Waals surface area contributed by atoms with Crippen molar-refractivity contribution in [1.82, 2.24) is 0 Å². The first-order valence-corrected chi connectivity index (χ1v) is 11.5. The summed E-state index contributed by atoms with van der Waals surface area (Å²) < 4.78 is 32.6. The number of hydrogen-bond donors (Lipinski definition) is 1. The maximum Gasteiger partial charge on any atom is 0.500 e. The second-order valence-corrected chi connectivity index (χ2v) is 11.4. The zero-order chi connectivity index (χ0) is 17.1. The number of nitrogens with one attached hydrogen (secondary N) is 1. The Bertz CT molecular complexity index is 235. The van der Waals surface area contributed by atoms with E-state index in [2.05, 4.69) is 7.05 Å². The van der Waals surface area contributed by atoms with Crippen LogP contribution in [0.15, 0.2) is 0 Å². The zero-order valence-corrected chi connectivity index (χ0v) is 17.2. The van der Waals surface area contributed by atoms with Gasteiger partial charge in [0.25, 0.3) is 0 Å². The largest absolute Gasteiger partial charge is 0.500 e. The third kappa shape index (κ3) is 7.15. The Morgan fingerprint density at radius 2 is 0.864 bits per heavy atom.